The summed E-state index contributed by atoms with van der Waals surface area (Å²) in [5, 5.41) is 11.5. The summed E-state index contributed by atoms with van der Waals surface area (Å²) < 4.78 is 5.49. The molecule has 2 aliphatic heterocycles. The molecule has 1 saturated heterocycles. The number of aliphatic hydroxyl groups excluding tert-OH is 1. The molecule has 190 valence electrons. The van der Waals surface area contributed by atoms with Crippen molar-refractivity contribution in [2.45, 2.75) is 32.2 Å². The van der Waals surface area contributed by atoms with Gasteiger partial charge in [-0.05, 0) is 57.8 Å². The van der Waals surface area contributed by atoms with Gasteiger partial charge in [0.1, 0.15) is 11.5 Å². The summed E-state index contributed by atoms with van der Waals surface area (Å²) >= 11 is 0. The Morgan fingerprint density at radius 1 is 1.00 bits per heavy atom. The standard InChI is InChI=1S/C28H33N3O5/c1-5-7-16-30-22-11-9-8-10-21(22)28(27(30)35)23(25(33)26(34)31(28)18-17-29(3)4)24(32)19-12-14-20(15-13-19)36-6-2/h8-15,32H,5-7,16-18H2,1-4H3. The van der Waals surface area contributed by atoms with Crippen molar-refractivity contribution < 1.29 is 24.2 Å². The highest BCUT2D eigenvalue weighted by molar-refractivity contribution is 6.50. The fourth-order valence-electron chi connectivity index (χ4n) is 5.02. The fraction of sp³-hybridized carbons (Fsp3) is 0.393. The van der Waals surface area contributed by atoms with Gasteiger partial charge in [-0.15, -0.1) is 0 Å². The number of hydrogen-bond donors (Lipinski definition) is 1. The molecule has 8 nitrogen and oxygen atoms in total. The van der Waals surface area contributed by atoms with E-state index >= 15 is 0 Å². The van der Waals surface area contributed by atoms with Crippen molar-refractivity contribution >= 4 is 29.0 Å². The second kappa shape index (κ2) is 10.1. The fourth-order valence-corrected chi connectivity index (χ4v) is 5.02. The van der Waals surface area contributed by atoms with E-state index in [9.17, 15) is 19.5 Å². The lowest BCUT2D eigenvalue weighted by Crippen LogP contribution is -2.53. The molecule has 2 aromatic carbocycles. The molecule has 2 aliphatic rings. The molecular formula is C28H33N3O5. The molecule has 1 unspecified atom stereocenters. The number of likely N-dealkylation sites (N-methyl/N-ethyl adjacent to an activating group) is 1. The van der Waals surface area contributed by atoms with Gasteiger partial charge in [-0.2, -0.15) is 0 Å². The summed E-state index contributed by atoms with van der Waals surface area (Å²) in [5.41, 5.74) is -0.383. The van der Waals surface area contributed by atoms with Crippen LogP contribution in [-0.4, -0.2) is 72.8 Å². The van der Waals surface area contributed by atoms with Crippen LogP contribution in [0.25, 0.3) is 5.76 Å². The van der Waals surface area contributed by atoms with Gasteiger partial charge in [0.2, 0.25) is 0 Å². The molecule has 1 fully saturated rings. The van der Waals surface area contributed by atoms with E-state index in [1.807, 2.05) is 45.0 Å². The van der Waals surface area contributed by atoms with Crippen molar-refractivity contribution in [3.63, 3.8) is 0 Å². The van der Waals surface area contributed by atoms with E-state index in [0.717, 1.165) is 12.8 Å². The van der Waals surface area contributed by atoms with Gasteiger partial charge in [-0.25, -0.2) is 0 Å². The number of benzene rings is 2. The summed E-state index contributed by atoms with van der Waals surface area (Å²) in [6, 6.07) is 13.9. The Labute approximate surface area is 211 Å². The first kappa shape index (κ1) is 25.4. The van der Waals surface area contributed by atoms with Crippen molar-refractivity contribution in [3.8, 4) is 5.75 Å². The molecule has 2 amide bonds. The van der Waals surface area contributed by atoms with E-state index in [2.05, 4.69) is 0 Å². The minimum atomic E-state index is -1.73. The van der Waals surface area contributed by atoms with Gasteiger partial charge in [0.05, 0.1) is 17.9 Å². The predicted molar refractivity (Wildman–Crippen MR) is 138 cm³/mol. The van der Waals surface area contributed by atoms with E-state index in [-0.39, 0.29) is 23.8 Å². The summed E-state index contributed by atoms with van der Waals surface area (Å²) in [6.45, 7) is 5.45. The highest BCUT2D eigenvalue weighted by atomic mass is 16.5. The van der Waals surface area contributed by atoms with Crippen molar-refractivity contribution in [2.75, 3.05) is 45.2 Å². The van der Waals surface area contributed by atoms with Gasteiger partial charge in [0.15, 0.2) is 5.54 Å². The van der Waals surface area contributed by atoms with Crippen LogP contribution in [0.5, 0.6) is 5.75 Å². The van der Waals surface area contributed by atoms with E-state index in [0.29, 0.717) is 42.3 Å². The highest BCUT2D eigenvalue weighted by Gasteiger charge is 2.66. The third kappa shape index (κ3) is 3.95. The van der Waals surface area contributed by atoms with Crippen LogP contribution in [0.15, 0.2) is 54.1 Å². The lowest BCUT2D eigenvalue weighted by molar-refractivity contribution is -0.143. The van der Waals surface area contributed by atoms with Crippen LogP contribution in [0.3, 0.4) is 0 Å². The number of hydrogen-bond acceptors (Lipinski definition) is 6. The number of aliphatic hydroxyl groups is 1. The minimum Gasteiger partial charge on any atom is -0.507 e. The lowest BCUT2D eigenvalue weighted by Gasteiger charge is -2.35. The zero-order valence-electron chi connectivity index (χ0n) is 21.3. The Morgan fingerprint density at radius 3 is 2.33 bits per heavy atom. The van der Waals surface area contributed by atoms with Crippen molar-refractivity contribution in [2.24, 2.45) is 0 Å². The van der Waals surface area contributed by atoms with Crippen molar-refractivity contribution in [3.05, 3.63) is 65.2 Å². The summed E-state index contributed by atoms with van der Waals surface area (Å²) in [4.78, 5) is 46.2. The first-order valence-corrected chi connectivity index (χ1v) is 12.4. The van der Waals surface area contributed by atoms with Gasteiger partial charge in [-0.3, -0.25) is 14.4 Å². The zero-order chi connectivity index (χ0) is 26.0. The van der Waals surface area contributed by atoms with Crippen LogP contribution >= 0.6 is 0 Å². The molecule has 2 heterocycles. The number of unbranched alkanes of at least 4 members (excludes halogenated alkanes) is 1. The van der Waals surface area contributed by atoms with E-state index in [1.165, 1.54) is 4.90 Å². The highest BCUT2D eigenvalue weighted by Crippen LogP contribution is 2.53. The first-order valence-electron chi connectivity index (χ1n) is 12.4. The molecule has 8 heteroatoms. The van der Waals surface area contributed by atoms with Crippen LogP contribution in [-0.2, 0) is 19.9 Å². The van der Waals surface area contributed by atoms with Crippen LogP contribution in [0.1, 0.15) is 37.8 Å². The largest absolute Gasteiger partial charge is 0.507 e. The number of carbonyl (C=O) groups is 3. The minimum absolute atomic E-state index is 0.152. The molecule has 0 aromatic heterocycles. The Hall–Kier alpha value is -3.65. The second-order valence-electron chi connectivity index (χ2n) is 9.31. The molecule has 0 bridgehead atoms. The number of anilines is 1. The SMILES string of the molecule is CCCCN1C(=O)C2(C(=C(O)c3ccc(OCC)cc3)C(=O)C(=O)N2CCN(C)C)c2ccccc21. The van der Waals surface area contributed by atoms with Crippen LogP contribution in [0.4, 0.5) is 5.69 Å². The number of ether oxygens (including phenoxy) is 1. The number of Topliss-reactive ketones (excluding diaryl/α,β-unsaturated/α-hetero) is 1. The molecule has 36 heavy (non-hydrogen) atoms. The van der Waals surface area contributed by atoms with E-state index < -0.39 is 17.2 Å². The normalized spacial score (nSPS) is 20.6. The Balaban J connectivity index is 1.97. The van der Waals surface area contributed by atoms with Crippen LogP contribution in [0, 0.1) is 0 Å². The maximum Gasteiger partial charge on any atom is 0.296 e. The average molecular weight is 492 g/mol. The molecule has 2 aromatic rings. The Morgan fingerprint density at radius 2 is 1.69 bits per heavy atom. The van der Waals surface area contributed by atoms with Crippen molar-refractivity contribution in [1.82, 2.24) is 9.80 Å². The topological polar surface area (TPSA) is 90.4 Å². The second-order valence-corrected chi connectivity index (χ2v) is 9.31. The van der Waals surface area contributed by atoms with Crippen molar-refractivity contribution in [1.29, 1.82) is 0 Å². The number of fused-ring (bicyclic) bond motifs is 2. The number of nitrogens with zero attached hydrogens (tertiary/aromatic N) is 3. The smallest absolute Gasteiger partial charge is 0.296 e. The average Bonchev–Trinajstić information content (AvgIpc) is 3.24. The zero-order valence-corrected chi connectivity index (χ0v) is 21.3. The summed E-state index contributed by atoms with van der Waals surface area (Å²) in [7, 11) is 3.72. The number of likely N-dealkylation sites (tertiary alicyclic amines) is 1. The number of carbonyl (C=O) groups excluding carboxylic acids is 3. The maximum absolute atomic E-state index is 14.3. The number of rotatable bonds is 9. The Kier molecular flexibility index (Phi) is 7.17. The third-order valence-corrected chi connectivity index (χ3v) is 6.75. The van der Waals surface area contributed by atoms with Gasteiger partial charge >= 0.3 is 0 Å². The van der Waals surface area contributed by atoms with E-state index in [1.54, 1.807) is 41.3 Å². The van der Waals surface area contributed by atoms with E-state index in [4.69, 9.17) is 4.74 Å². The molecule has 0 saturated carbocycles. The maximum atomic E-state index is 14.3. The number of amides is 2. The molecule has 0 radical (unpaired) electrons. The lowest BCUT2D eigenvalue weighted by atomic mass is 9.82. The molecular weight excluding hydrogens is 458 g/mol. The first-order chi connectivity index (χ1) is 17.3. The molecule has 1 atom stereocenters. The van der Waals surface area contributed by atoms with Crippen LogP contribution in [0.2, 0.25) is 0 Å². The predicted octanol–water partition coefficient (Wildman–Crippen LogP) is 3.37. The van der Waals surface area contributed by atoms with Gasteiger partial charge in [0.25, 0.3) is 17.6 Å². The van der Waals surface area contributed by atoms with Gasteiger partial charge in [-0.1, -0.05) is 31.5 Å². The molecule has 0 aliphatic carbocycles. The molecule has 1 spiro atoms. The monoisotopic (exact) mass is 491 g/mol. The summed E-state index contributed by atoms with van der Waals surface area (Å²) in [6.07, 6.45) is 1.64. The van der Waals surface area contributed by atoms with Gasteiger partial charge in [0, 0.05) is 30.8 Å². The molecule has 1 N–H and O–H groups in total. The van der Waals surface area contributed by atoms with Crippen LogP contribution < -0.4 is 9.64 Å². The summed E-state index contributed by atoms with van der Waals surface area (Å²) in [5.74, 6) is -1.79. The number of para-hydroxylation sites is 1. The van der Waals surface area contributed by atoms with Gasteiger partial charge < -0.3 is 24.5 Å². The number of ketones is 1. The Bertz CT molecular complexity index is 1200. The molecule has 4 rings (SSSR count). The third-order valence-electron chi connectivity index (χ3n) is 6.75. The quantitative estimate of drug-likeness (QED) is 0.329.